The van der Waals surface area contributed by atoms with E-state index >= 15 is 0 Å². The van der Waals surface area contributed by atoms with E-state index in [0.717, 1.165) is 25.7 Å². The minimum absolute atomic E-state index is 0. The number of amides is 1. The molecule has 0 radical (unpaired) electrons. The third-order valence-electron chi connectivity index (χ3n) is 3.90. The van der Waals surface area contributed by atoms with Crippen LogP contribution in [0.1, 0.15) is 38.5 Å². The fraction of sp³-hybridized carbons (Fsp3) is 0.562. The average Bonchev–Trinajstić information content (AvgIpc) is 2.87. The number of sulfonamides is 1. The molecular formula is C16H26ClN3O3S. The largest absolute Gasteiger partial charge is 0.330 e. The highest BCUT2D eigenvalue weighted by Crippen LogP contribution is 2.25. The summed E-state index contributed by atoms with van der Waals surface area (Å²) in [4.78, 5) is 11.8. The second kappa shape index (κ2) is 9.86. The molecule has 1 heterocycles. The summed E-state index contributed by atoms with van der Waals surface area (Å²) >= 11 is 0. The van der Waals surface area contributed by atoms with Crippen LogP contribution >= 0.6 is 12.4 Å². The van der Waals surface area contributed by atoms with Crippen LogP contribution in [0.5, 0.6) is 0 Å². The van der Waals surface area contributed by atoms with Crippen LogP contribution in [-0.4, -0.2) is 33.2 Å². The fourth-order valence-corrected chi connectivity index (χ4v) is 4.21. The number of anilines is 2. The molecule has 1 aromatic carbocycles. The molecule has 1 aromatic rings. The maximum Gasteiger partial charge on any atom is 0.235 e. The van der Waals surface area contributed by atoms with Crippen molar-refractivity contribution < 1.29 is 13.2 Å². The molecule has 24 heavy (non-hydrogen) atoms. The van der Waals surface area contributed by atoms with E-state index in [0.29, 0.717) is 37.3 Å². The Morgan fingerprint density at radius 2 is 1.79 bits per heavy atom. The molecule has 0 aromatic heterocycles. The van der Waals surface area contributed by atoms with Gasteiger partial charge < -0.3 is 11.1 Å². The number of hydrogen-bond donors (Lipinski definition) is 2. The first kappa shape index (κ1) is 20.7. The summed E-state index contributed by atoms with van der Waals surface area (Å²) in [6.45, 7) is 1.22. The second-order valence-electron chi connectivity index (χ2n) is 5.79. The van der Waals surface area contributed by atoms with E-state index in [1.165, 1.54) is 4.31 Å². The number of benzene rings is 1. The lowest BCUT2D eigenvalue weighted by Crippen LogP contribution is -2.24. The lowest BCUT2D eigenvalue weighted by Gasteiger charge is -2.17. The van der Waals surface area contributed by atoms with Gasteiger partial charge in [0.2, 0.25) is 15.9 Å². The van der Waals surface area contributed by atoms with Gasteiger partial charge in [0, 0.05) is 18.7 Å². The van der Waals surface area contributed by atoms with Crippen molar-refractivity contribution in [2.45, 2.75) is 38.5 Å². The van der Waals surface area contributed by atoms with Gasteiger partial charge in [-0.2, -0.15) is 0 Å². The van der Waals surface area contributed by atoms with Gasteiger partial charge in [-0.1, -0.05) is 12.8 Å². The van der Waals surface area contributed by atoms with Crippen LogP contribution in [0.4, 0.5) is 11.4 Å². The molecular weight excluding hydrogens is 350 g/mol. The fourth-order valence-electron chi connectivity index (χ4n) is 2.65. The van der Waals surface area contributed by atoms with Gasteiger partial charge in [-0.3, -0.25) is 9.10 Å². The van der Waals surface area contributed by atoms with Gasteiger partial charge in [0.1, 0.15) is 0 Å². The zero-order chi connectivity index (χ0) is 16.7. The molecule has 136 valence electrons. The van der Waals surface area contributed by atoms with E-state index in [2.05, 4.69) is 5.32 Å². The SMILES string of the molecule is Cl.NCCCCCCC(=O)Nc1ccc(N2CCCS2(=O)=O)cc1. The molecule has 3 N–H and O–H groups in total. The van der Waals surface area contributed by atoms with Crippen LogP contribution < -0.4 is 15.4 Å². The summed E-state index contributed by atoms with van der Waals surface area (Å²) < 4.78 is 25.2. The van der Waals surface area contributed by atoms with Crippen LogP contribution in [0.2, 0.25) is 0 Å². The van der Waals surface area contributed by atoms with Crippen molar-refractivity contribution in [3.63, 3.8) is 0 Å². The van der Waals surface area contributed by atoms with E-state index < -0.39 is 10.0 Å². The molecule has 8 heteroatoms. The molecule has 1 aliphatic rings. The van der Waals surface area contributed by atoms with Crippen LogP contribution in [-0.2, 0) is 14.8 Å². The maximum atomic E-state index is 11.9. The summed E-state index contributed by atoms with van der Waals surface area (Å²) in [5.74, 6) is 0.189. The summed E-state index contributed by atoms with van der Waals surface area (Å²) in [5, 5.41) is 2.84. The number of halogens is 1. The highest BCUT2D eigenvalue weighted by molar-refractivity contribution is 7.93. The Kier molecular flexibility index (Phi) is 8.52. The predicted octanol–water partition coefficient (Wildman–Crippen LogP) is 2.50. The van der Waals surface area contributed by atoms with Crippen molar-refractivity contribution in [3.8, 4) is 0 Å². The van der Waals surface area contributed by atoms with Crippen molar-refractivity contribution in [2.75, 3.05) is 28.5 Å². The number of carbonyl (C=O) groups excluding carboxylic acids is 1. The van der Waals surface area contributed by atoms with Crippen LogP contribution in [0.3, 0.4) is 0 Å². The number of hydrogen-bond acceptors (Lipinski definition) is 4. The number of carbonyl (C=O) groups is 1. The van der Waals surface area contributed by atoms with Gasteiger partial charge in [0.25, 0.3) is 0 Å². The Labute approximate surface area is 150 Å². The Bertz CT molecular complexity index is 620. The van der Waals surface area contributed by atoms with Crippen LogP contribution in [0.25, 0.3) is 0 Å². The maximum absolute atomic E-state index is 11.9. The van der Waals surface area contributed by atoms with E-state index in [1.807, 2.05) is 0 Å². The molecule has 1 fully saturated rings. The van der Waals surface area contributed by atoms with Gasteiger partial charge in [-0.05, 0) is 50.1 Å². The molecule has 6 nitrogen and oxygen atoms in total. The first-order valence-corrected chi connectivity index (χ1v) is 9.74. The van der Waals surface area contributed by atoms with E-state index in [9.17, 15) is 13.2 Å². The highest BCUT2D eigenvalue weighted by Gasteiger charge is 2.28. The number of nitrogens with two attached hydrogens (primary N) is 1. The second-order valence-corrected chi connectivity index (χ2v) is 7.80. The molecule has 1 saturated heterocycles. The van der Waals surface area contributed by atoms with Crippen LogP contribution in [0, 0.1) is 0 Å². The van der Waals surface area contributed by atoms with Crippen molar-refractivity contribution in [2.24, 2.45) is 5.73 Å². The molecule has 0 saturated carbocycles. The number of nitrogens with one attached hydrogen (secondary N) is 1. The summed E-state index contributed by atoms with van der Waals surface area (Å²) in [5.41, 5.74) is 6.77. The molecule has 0 aliphatic carbocycles. The zero-order valence-corrected chi connectivity index (χ0v) is 15.4. The van der Waals surface area contributed by atoms with Gasteiger partial charge in [0.15, 0.2) is 0 Å². The quantitative estimate of drug-likeness (QED) is 0.683. The molecule has 0 unspecified atom stereocenters. The van der Waals surface area contributed by atoms with Crippen molar-refractivity contribution >= 4 is 39.7 Å². The summed E-state index contributed by atoms with van der Waals surface area (Å²) in [6, 6.07) is 6.96. The standard InChI is InChI=1S/C16H25N3O3S.ClH/c17-11-4-2-1-3-6-16(20)18-14-7-9-15(10-8-14)19-12-5-13-23(19,21)22;/h7-10H,1-6,11-13,17H2,(H,18,20);1H. The average molecular weight is 376 g/mol. The molecule has 0 spiro atoms. The molecule has 0 atom stereocenters. The Hall–Kier alpha value is -1.31. The Morgan fingerprint density at radius 3 is 2.38 bits per heavy atom. The van der Waals surface area contributed by atoms with Gasteiger partial charge in [-0.15, -0.1) is 12.4 Å². The first-order valence-electron chi connectivity index (χ1n) is 8.13. The topological polar surface area (TPSA) is 92.5 Å². The van der Waals surface area contributed by atoms with Gasteiger partial charge in [-0.25, -0.2) is 8.42 Å². The normalized spacial score (nSPS) is 15.8. The number of rotatable bonds is 8. The molecule has 1 amide bonds. The Balaban J connectivity index is 0.00000288. The summed E-state index contributed by atoms with van der Waals surface area (Å²) in [7, 11) is -3.16. The zero-order valence-electron chi connectivity index (χ0n) is 13.7. The predicted molar refractivity (Wildman–Crippen MR) is 100 cm³/mol. The van der Waals surface area contributed by atoms with Gasteiger partial charge >= 0.3 is 0 Å². The molecule has 1 aliphatic heterocycles. The summed E-state index contributed by atoms with van der Waals surface area (Å²) in [6.07, 6.45) is 5.08. The smallest absolute Gasteiger partial charge is 0.235 e. The minimum atomic E-state index is -3.16. The minimum Gasteiger partial charge on any atom is -0.330 e. The van der Waals surface area contributed by atoms with Crippen molar-refractivity contribution in [1.82, 2.24) is 0 Å². The third kappa shape index (κ3) is 5.96. The lowest BCUT2D eigenvalue weighted by atomic mass is 10.1. The number of nitrogens with zero attached hydrogens (tertiary/aromatic N) is 1. The van der Waals surface area contributed by atoms with E-state index in [-0.39, 0.29) is 24.1 Å². The number of unbranched alkanes of at least 4 members (excludes halogenated alkanes) is 3. The molecule has 0 bridgehead atoms. The van der Waals surface area contributed by atoms with Crippen molar-refractivity contribution in [1.29, 1.82) is 0 Å². The monoisotopic (exact) mass is 375 g/mol. The highest BCUT2D eigenvalue weighted by atomic mass is 35.5. The molecule has 2 rings (SSSR count). The first-order chi connectivity index (χ1) is 11.0. The van der Waals surface area contributed by atoms with Gasteiger partial charge in [0.05, 0.1) is 11.4 Å². The van der Waals surface area contributed by atoms with Crippen molar-refractivity contribution in [3.05, 3.63) is 24.3 Å². The lowest BCUT2D eigenvalue weighted by molar-refractivity contribution is -0.116. The Morgan fingerprint density at radius 1 is 1.12 bits per heavy atom. The van der Waals surface area contributed by atoms with E-state index in [4.69, 9.17) is 5.73 Å². The third-order valence-corrected chi connectivity index (χ3v) is 5.77. The van der Waals surface area contributed by atoms with E-state index in [1.54, 1.807) is 24.3 Å². The van der Waals surface area contributed by atoms with Crippen LogP contribution in [0.15, 0.2) is 24.3 Å².